The molecule has 1 saturated heterocycles. The minimum atomic E-state index is 0. The van der Waals surface area contributed by atoms with Crippen molar-refractivity contribution in [3.8, 4) is 0 Å². The lowest BCUT2D eigenvalue weighted by Crippen LogP contribution is -2.44. The predicted octanol–water partition coefficient (Wildman–Crippen LogP) is 2.08. The van der Waals surface area contributed by atoms with Crippen molar-refractivity contribution in [2.45, 2.75) is 70.3 Å². The molecule has 7 heteroatoms. The molecule has 0 bridgehead atoms. The first-order chi connectivity index (χ1) is 13.2. The lowest BCUT2D eigenvalue weighted by molar-refractivity contribution is -0.126. The Hall–Kier alpha value is -0.850. The third-order valence-electron chi connectivity index (χ3n) is 6.57. The van der Waals surface area contributed by atoms with Gasteiger partial charge in [-0.15, -0.1) is 12.4 Å². The normalized spacial score (nSPS) is 26.4. The van der Waals surface area contributed by atoms with Crippen LogP contribution >= 0.6 is 12.4 Å². The van der Waals surface area contributed by atoms with Gasteiger partial charge in [-0.2, -0.15) is 0 Å². The van der Waals surface area contributed by atoms with Crippen LogP contribution < -0.4 is 16.0 Å². The average Bonchev–Trinajstić information content (AvgIpc) is 3.19. The molecule has 3 N–H and O–H groups in total. The van der Waals surface area contributed by atoms with Crippen LogP contribution in [0, 0.1) is 11.8 Å². The third kappa shape index (κ3) is 7.88. The number of nitrogens with one attached hydrogen (secondary N) is 3. The molecule has 162 valence electrons. The predicted molar refractivity (Wildman–Crippen MR) is 115 cm³/mol. The highest BCUT2D eigenvalue weighted by Gasteiger charge is 2.27. The SMILES string of the molecule is Cl.O=C(CC1CCCC1)NC1CCC(C(=O)NCCCN2CCNCC2)CC1. The summed E-state index contributed by atoms with van der Waals surface area (Å²) in [4.78, 5) is 27.0. The van der Waals surface area contributed by atoms with Gasteiger partial charge in [0, 0.05) is 51.1 Å². The Balaban J connectivity index is 0.00000280. The Labute approximate surface area is 176 Å². The van der Waals surface area contributed by atoms with Crippen molar-refractivity contribution in [2.24, 2.45) is 11.8 Å². The molecule has 2 saturated carbocycles. The highest BCUT2D eigenvalue weighted by atomic mass is 35.5. The maximum absolute atomic E-state index is 12.4. The summed E-state index contributed by atoms with van der Waals surface area (Å²) in [5, 5.41) is 9.70. The quantitative estimate of drug-likeness (QED) is 0.531. The number of piperazine rings is 1. The molecule has 2 aliphatic carbocycles. The van der Waals surface area contributed by atoms with Crippen LogP contribution in [0.2, 0.25) is 0 Å². The Morgan fingerprint density at radius 3 is 2.32 bits per heavy atom. The highest BCUT2D eigenvalue weighted by Crippen LogP contribution is 2.28. The van der Waals surface area contributed by atoms with Crippen LogP contribution in [0.1, 0.15) is 64.2 Å². The molecule has 1 aliphatic heterocycles. The van der Waals surface area contributed by atoms with E-state index < -0.39 is 0 Å². The molecular weight excluding hydrogens is 376 g/mol. The van der Waals surface area contributed by atoms with Gasteiger partial charge in [0.2, 0.25) is 11.8 Å². The molecular formula is C21H39ClN4O2. The Kier molecular flexibility index (Phi) is 10.6. The van der Waals surface area contributed by atoms with Gasteiger partial charge < -0.3 is 20.9 Å². The van der Waals surface area contributed by atoms with E-state index >= 15 is 0 Å². The van der Waals surface area contributed by atoms with Crippen LogP contribution in [0.15, 0.2) is 0 Å². The number of halogens is 1. The summed E-state index contributed by atoms with van der Waals surface area (Å²) in [6, 6.07) is 0.274. The van der Waals surface area contributed by atoms with Crippen LogP contribution in [0.5, 0.6) is 0 Å². The molecule has 0 spiro atoms. The zero-order valence-electron chi connectivity index (χ0n) is 17.2. The van der Waals surface area contributed by atoms with E-state index in [1.807, 2.05) is 0 Å². The van der Waals surface area contributed by atoms with Crippen molar-refractivity contribution in [3.63, 3.8) is 0 Å². The van der Waals surface area contributed by atoms with Gasteiger partial charge in [0.05, 0.1) is 0 Å². The van der Waals surface area contributed by atoms with Crippen LogP contribution in [0.4, 0.5) is 0 Å². The topological polar surface area (TPSA) is 73.5 Å². The van der Waals surface area contributed by atoms with Gasteiger partial charge in [-0.3, -0.25) is 9.59 Å². The molecule has 2 amide bonds. The molecule has 28 heavy (non-hydrogen) atoms. The summed E-state index contributed by atoms with van der Waals surface area (Å²) in [6.45, 7) is 6.23. The van der Waals surface area contributed by atoms with E-state index in [-0.39, 0.29) is 36.2 Å². The summed E-state index contributed by atoms with van der Waals surface area (Å²) in [5.74, 6) is 1.18. The molecule has 0 unspecified atom stereocenters. The fourth-order valence-corrected chi connectivity index (χ4v) is 4.86. The summed E-state index contributed by atoms with van der Waals surface area (Å²) in [7, 11) is 0. The van der Waals surface area contributed by atoms with Crippen LogP contribution in [-0.2, 0) is 9.59 Å². The van der Waals surface area contributed by atoms with Crippen molar-refractivity contribution in [2.75, 3.05) is 39.3 Å². The summed E-state index contributed by atoms with van der Waals surface area (Å²) >= 11 is 0. The summed E-state index contributed by atoms with van der Waals surface area (Å²) in [5.41, 5.74) is 0. The summed E-state index contributed by atoms with van der Waals surface area (Å²) in [6.07, 6.45) is 10.4. The molecule has 3 aliphatic rings. The molecule has 0 atom stereocenters. The Morgan fingerprint density at radius 1 is 0.964 bits per heavy atom. The summed E-state index contributed by atoms with van der Waals surface area (Å²) < 4.78 is 0. The maximum Gasteiger partial charge on any atom is 0.223 e. The van der Waals surface area contributed by atoms with E-state index in [0.29, 0.717) is 12.3 Å². The minimum absolute atomic E-state index is 0. The van der Waals surface area contributed by atoms with Gasteiger partial charge in [-0.25, -0.2) is 0 Å². The van der Waals surface area contributed by atoms with E-state index in [0.717, 1.165) is 71.4 Å². The van der Waals surface area contributed by atoms with Gasteiger partial charge in [-0.1, -0.05) is 12.8 Å². The third-order valence-corrected chi connectivity index (χ3v) is 6.57. The molecule has 0 radical (unpaired) electrons. The van der Waals surface area contributed by atoms with Gasteiger partial charge in [0.1, 0.15) is 0 Å². The molecule has 0 aromatic heterocycles. The molecule has 3 rings (SSSR count). The van der Waals surface area contributed by atoms with Crippen molar-refractivity contribution < 1.29 is 9.59 Å². The number of hydrogen-bond donors (Lipinski definition) is 3. The lowest BCUT2D eigenvalue weighted by Gasteiger charge is -2.29. The average molecular weight is 415 g/mol. The minimum Gasteiger partial charge on any atom is -0.356 e. The van der Waals surface area contributed by atoms with Crippen LogP contribution in [0.25, 0.3) is 0 Å². The van der Waals surface area contributed by atoms with E-state index in [1.165, 1.54) is 25.7 Å². The van der Waals surface area contributed by atoms with Gasteiger partial charge in [-0.05, 0) is 57.4 Å². The monoisotopic (exact) mass is 414 g/mol. The maximum atomic E-state index is 12.4. The van der Waals surface area contributed by atoms with Crippen molar-refractivity contribution in [3.05, 3.63) is 0 Å². The number of carbonyl (C=O) groups is 2. The second-order valence-corrected chi connectivity index (χ2v) is 8.71. The first-order valence-corrected chi connectivity index (χ1v) is 11.2. The van der Waals surface area contributed by atoms with Crippen molar-refractivity contribution in [1.29, 1.82) is 0 Å². The van der Waals surface area contributed by atoms with E-state index in [2.05, 4.69) is 20.9 Å². The lowest BCUT2D eigenvalue weighted by atomic mass is 9.85. The van der Waals surface area contributed by atoms with Gasteiger partial charge in [0.25, 0.3) is 0 Å². The molecule has 0 aromatic rings. The van der Waals surface area contributed by atoms with Crippen LogP contribution in [-0.4, -0.2) is 62.0 Å². The van der Waals surface area contributed by atoms with E-state index in [9.17, 15) is 9.59 Å². The Morgan fingerprint density at radius 2 is 1.64 bits per heavy atom. The van der Waals surface area contributed by atoms with Crippen molar-refractivity contribution in [1.82, 2.24) is 20.9 Å². The molecule has 1 heterocycles. The smallest absolute Gasteiger partial charge is 0.223 e. The van der Waals surface area contributed by atoms with Crippen LogP contribution in [0.3, 0.4) is 0 Å². The van der Waals surface area contributed by atoms with Gasteiger partial charge in [0.15, 0.2) is 0 Å². The first kappa shape index (κ1) is 23.4. The van der Waals surface area contributed by atoms with Crippen molar-refractivity contribution >= 4 is 24.2 Å². The molecule has 3 fully saturated rings. The van der Waals surface area contributed by atoms with E-state index in [1.54, 1.807) is 0 Å². The number of amides is 2. The number of carbonyl (C=O) groups excluding carboxylic acids is 2. The molecule has 0 aromatic carbocycles. The zero-order chi connectivity index (χ0) is 18.9. The van der Waals surface area contributed by atoms with E-state index in [4.69, 9.17) is 0 Å². The molecule has 6 nitrogen and oxygen atoms in total. The van der Waals surface area contributed by atoms with Gasteiger partial charge >= 0.3 is 0 Å². The standard InChI is InChI=1S/C21H38N4O2.ClH/c26-20(16-17-4-1-2-5-17)24-19-8-6-18(7-9-19)21(27)23-10-3-13-25-14-11-22-12-15-25;/h17-19,22H,1-16H2,(H,23,27)(H,24,26);1H. The number of rotatable bonds is 8. The number of nitrogens with zero attached hydrogens (tertiary/aromatic N) is 1. The fourth-order valence-electron chi connectivity index (χ4n) is 4.86. The fraction of sp³-hybridized carbons (Fsp3) is 0.905. The number of hydrogen-bond acceptors (Lipinski definition) is 4. The zero-order valence-corrected chi connectivity index (χ0v) is 18.0. The first-order valence-electron chi connectivity index (χ1n) is 11.2. The second kappa shape index (κ2) is 12.7. The second-order valence-electron chi connectivity index (χ2n) is 8.71. The Bertz CT molecular complexity index is 471. The largest absolute Gasteiger partial charge is 0.356 e. The highest BCUT2D eigenvalue weighted by molar-refractivity contribution is 5.85.